The summed E-state index contributed by atoms with van der Waals surface area (Å²) in [6.07, 6.45) is 1.96. The summed E-state index contributed by atoms with van der Waals surface area (Å²) in [5, 5.41) is 0. The van der Waals surface area contributed by atoms with Crippen LogP contribution >= 0.6 is 0 Å². The zero-order valence-corrected chi connectivity index (χ0v) is 13.1. The van der Waals surface area contributed by atoms with Gasteiger partial charge in [-0.05, 0) is 52.8 Å². The first-order chi connectivity index (χ1) is 10.7. The average Bonchev–Trinajstić information content (AvgIpc) is 2.58. The Morgan fingerprint density at radius 1 is 0.727 bits per heavy atom. The second-order valence-electron chi connectivity index (χ2n) is 5.59. The highest BCUT2D eigenvalue weighted by atomic mass is 14.2. The first kappa shape index (κ1) is 14.3. The van der Waals surface area contributed by atoms with Gasteiger partial charge < -0.3 is 0 Å². The van der Waals surface area contributed by atoms with Crippen molar-refractivity contribution in [1.82, 2.24) is 0 Å². The molecule has 22 heavy (non-hydrogen) atoms. The van der Waals surface area contributed by atoms with Gasteiger partial charge in [0.15, 0.2) is 0 Å². The number of aryl methyl sites for hydroxylation is 1. The third-order valence-electron chi connectivity index (χ3n) is 4.22. The van der Waals surface area contributed by atoms with Crippen LogP contribution in [0.25, 0.3) is 28.3 Å². The fourth-order valence-corrected chi connectivity index (χ4v) is 2.99. The maximum Gasteiger partial charge on any atom is -0.00302 e. The summed E-state index contributed by atoms with van der Waals surface area (Å²) in [5.41, 5.74) is 8.88. The lowest BCUT2D eigenvalue weighted by molar-refractivity contribution is 1.33. The van der Waals surface area contributed by atoms with Gasteiger partial charge in [-0.15, -0.1) is 0 Å². The Bertz CT molecular complexity index is 796. The van der Waals surface area contributed by atoms with Crippen molar-refractivity contribution in [3.63, 3.8) is 0 Å². The van der Waals surface area contributed by atoms with Crippen LogP contribution in [0.1, 0.15) is 16.7 Å². The Kier molecular flexibility index (Phi) is 3.93. The van der Waals surface area contributed by atoms with Gasteiger partial charge in [0.05, 0.1) is 0 Å². The molecular weight excluding hydrogens is 264 g/mol. The molecule has 0 amide bonds. The van der Waals surface area contributed by atoms with E-state index in [9.17, 15) is 0 Å². The maximum absolute atomic E-state index is 4.02. The molecule has 0 N–H and O–H groups in total. The molecule has 0 saturated heterocycles. The lowest BCUT2D eigenvalue weighted by atomic mass is 9.85. The van der Waals surface area contributed by atoms with Gasteiger partial charge in [0.1, 0.15) is 0 Å². The third-order valence-corrected chi connectivity index (χ3v) is 4.22. The number of hydrogen-bond acceptors (Lipinski definition) is 0. The SMILES string of the molecule is C=Cc1cc(C)c(C)c(-c2ccccc2)c1-c1ccccc1. The van der Waals surface area contributed by atoms with Crippen LogP contribution < -0.4 is 0 Å². The molecular formula is C22H20. The number of benzene rings is 3. The van der Waals surface area contributed by atoms with Crippen LogP contribution in [0.5, 0.6) is 0 Å². The van der Waals surface area contributed by atoms with E-state index in [-0.39, 0.29) is 0 Å². The van der Waals surface area contributed by atoms with Gasteiger partial charge in [-0.3, -0.25) is 0 Å². The molecule has 0 heteroatoms. The molecule has 0 atom stereocenters. The van der Waals surface area contributed by atoms with Gasteiger partial charge in [-0.25, -0.2) is 0 Å². The van der Waals surface area contributed by atoms with Crippen molar-refractivity contribution in [3.8, 4) is 22.3 Å². The molecule has 3 aromatic rings. The van der Waals surface area contributed by atoms with Crippen LogP contribution in [-0.4, -0.2) is 0 Å². The maximum atomic E-state index is 4.02. The van der Waals surface area contributed by atoms with Crippen molar-refractivity contribution in [2.24, 2.45) is 0 Å². The van der Waals surface area contributed by atoms with E-state index < -0.39 is 0 Å². The molecule has 0 aromatic heterocycles. The molecule has 0 heterocycles. The predicted molar refractivity (Wildman–Crippen MR) is 96.9 cm³/mol. The highest BCUT2D eigenvalue weighted by Gasteiger charge is 2.15. The van der Waals surface area contributed by atoms with Gasteiger partial charge in [0, 0.05) is 0 Å². The molecule has 0 aliphatic heterocycles. The van der Waals surface area contributed by atoms with Crippen molar-refractivity contribution in [2.45, 2.75) is 13.8 Å². The molecule has 0 radical (unpaired) electrons. The minimum absolute atomic E-state index is 1.19. The van der Waals surface area contributed by atoms with Crippen molar-refractivity contribution in [3.05, 3.63) is 90.0 Å². The van der Waals surface area contributed by atoms with Crippen LogP contribution in [-0.2, 0) is 0 Å². The minimum Gasteiger partial charge on any atom is -0.0984 e. The fraction of sp³-hybridized carbons (Fsp3) is 0.0909. The summed E-state index contributed by atoms with van der Waals surface area (Å²) < 4.78 is 0. The summed E-state index contributed by atoms with van der Waals surface area (Å²) in [6.45, 7) is 8.40. The molecule has 0 unspecified atom stereocenters. The summed E-state index contributed by atoms with van der Waals surface area (Å²) in [4.78, 5) is 0. The first-order valence-electron chi connectivity index (χ1n) is 7.60. The van der Waals surface area contributed by atoms with Crippen molar-refractivity contribution in [2.75, 3.05) is 0 Å². The number of hydrogen-bond donors (Lipinski definition) is 0. The summed E-state index contributed by atoms with van der Waals surface area (Å²) in [5.74, 6) is 0. The molecule has 0 nitrogen and oxygen atoms in total. The van der Waals surface area contributed by atoms with Crippen molar-refractivity contribution in [1.29, 1.82) is 0 Å². The second-order valence-corrected chi connectivity index (χ2v) is 5.59. The van der Waals surface area contributed by atoms with E-state index in [1.807, 2.05) is 6.08 Å². The van der Waals surface area contributed by atoms with Gasteiger partial charge in [0.2, 0.25) is 0 Å². The molecule has 0 fully saturated rings. The average molecular weight is 284 g/mol. The largest absolute Gasteiger partial charge is 0.0984 e. The Labute approximate surface area is 132 Å². The Balaban J connectivity index is 2.41. The third kappa shape index (κ3) is 2.48. The molecule has 0 bridgehead atoms. The van der Waals surface area contributed by atoms with Crippen LogP contribution in [0.2, 0.25) is 0 Å². The monoisotopic (exact) mass is 284 g/mol. The summed E-state index contributed by atoms with van der Waals surface area (Å²) in [7, 11) is 0. The van der Waals surface area contributed by atoms with Crippen LogP contribution in [0, 0.1) is 13.8 Å². The Morgan fingerprint density at radius 3 is 1.73 bits per heavy atom. The zero-order valence-electron chi connectivity index (χ0n) is 13.1. The Morgan fingerprint density at radius 2 is 1.23 bits per heavy atom. The predicted octanol–water partition coefficient (Wildman–Crippen LogP) is 6.28. The molecule has 3 rings (SSSR count). The fourth-order valence-electron chi connectivity index (χ4n) is 2.99. The topological polar surface area (TPSA) is 0 Å². The Hall–Kier alpha value is -2.60. The van der Waals surface area contributed by atoms with Gasteiger partial charge in [-0.1, -0.05) is 79.4 Å². The molecule has 3 aromatic carbocycles. The van der Waals surface area contributed by atoms with Crippen LogP contribution in [0.4, 0.5) is 0 Å². The van der Waals surface area contributed by atoms with E-state index >= 15 is 0 Å². The number of rotatable bonds is 3. The van der Waals surface area contributed by atoms with Gasteiger partial charge >= 0.3 is 0 Å². The summed E-state index contributed by atoms with van der Waals surface area (Å²) in [6, 6.07) is 23.4. The smallest absolute Gasteiger partial charge is 0.00302 e. The standard InChI is InChI=1S/C22H20/c1-4-18-15-16(2)17(3)21(19-11-7-5-8-12-19)22(18)20-13-9-6-10-14-20/h4-15H,1H2,2-3H3. The van der Waals surface area contributed by atoms with Gasteiger partial charge in [0.25, 0.3) is 0 Å². The van der Waals surface area contributed by atoms with E-state index in [1.54, 1.807) is 0 Å². The minimum atomic E-state index is 1.19. The first-order valence-corrected chi connectivity index (χ1v) is 7.60. The summed E-state index contributed by atoms with van der Waals surface area (Å²) >= 11 is 0. The normalized spacial score (nSPS) is 10.5. The van der Waals surface area contributed by atoms with Crippen LogP contribution in [0.3, 0.4) is 0 Å². The van der Waals surface area contributed by atoms with Crippen molar-refractivity contribution < 1.29 is 0 Å². The van der Waals surface area contributed by atoms with Gasteiger partial charge in [-0.2, -0.15) is 0 Å². The highest BCUT2D eigenvalue weighted by molar-refractivity contribution is 5.91. The molecule has 0 spiro atoms. The molecule has 0 aliphatic carbocycles. The molecule has 0 aliphatic rings. The van der Waals surface area contributed by atoms with E-state index in [4.69, 9.17) is 0 Å². The second kappa shape index (κ2) is 6.03. The van der Waals surface area contributed by atoms with E-state index in [2.05, 4.69) is 87.2 Å². The van der Waals surface area contributed by atoms with Crippen LogP contribution in [0.15, 0.2) is 73.3 Å². The van der Waals surface area contributed by atoms with E-state index in [0.29, 0.717) is 0 Å². The van der Waals surface area contributed by atoms with Crippen molar-refractivity contribution >= 4 is 6.08 Å². The highest BCUT2D eigenvalue weighted by Crippen LogP contribution is 2.39. The molecule has 108 valence electrons. The molecule has 0 saturated carbocycles. The quantitative estimate of drug-likeness (QED) is 0.531. The zero-order chi connectivity index (χ0) is 15.5. The lowest BCUT2D eigenvalue weighted by Gasteiger charge is -2.19. The van der Waals surface area contributed by atoms with E-state index in [1.165, 1.54) is 38.9 Å². The van der Waals surface area contributed by atoms with E-state index in [0.717, 1.165) is 0 Å². The lowest BCUT2D eigenvalue weighted by Crippen LogP contribution is -1.96.